The molecule has 0 spiro atoms. The zero-order valence-electron chi connectivity index (χ0n) is 7.66. The normalized spacial score (nSPS) is 12.9. The molecule has 0 N–H and O–H groups in total. The fourth-order valence-corrected chi connectivity index (χ4v) is 1.37. The molecule has 0 saturated heterocycles. The second kappa shape index (κ2) is 3.54. The SMILES string of the molecule is C=CC(=O)Oc1ccc2c(c1)OCC2. The molecule has 0 unspecified atom stereocenters. The lowest BCUT2D eigenvalue weighted by atomic mass is 10.2. The number of rotatable bonds is 2. The summed E-state index contributed by atoms with van der Waals surface area (Å²) >= 11 is 0. The first-order chi connectivity index (χ1) is 6.79. The molecule has 14 heavy (non-hydrogen) atoms. The number of esters is 1. The molecule has 1 aromatic carbocycles. The standard InChI is InChI=1S/C11H10O3/c1-2-11(12)14-9-4-3-8-5-6-13-10(8)7-9/h2-4,7H,1,5-6H2. The molecular weight excluding hydrogens is 180 g/mol. The summed E-state index contributed by atoms with van der Waals surface area (Å²) in [4.78, 5) is 10.9. The molecule has 0 saturated carbocycles. The van der Waals surface area contributed by atoms with Crippen molar-refractivity contribution in [2.45, 2.75) is 6.42 Å². The van der Waals surface area contributed by atoms with Gasteiger partial charge in [-0.15, -0.1) is 0 Å². The molecule has 1 aliphatic heterocycles. The van der Waals surface area contributed by atoms with Gasteiger partial charge in [-0.05, 0) is 11.6 Å². The Morgan fingerprint density at radius 2 is 2.43 bits per heavy atom. The van der Waals surface area contributed by atoms with Gasteiger partial charge in [0.15, 0.2) is 0 Å². The molecule has 3 heteroatoms. The maximum atomic E-state index is 10.9. The van der Waals surface area contributed by atoms with Gasteiger partial charge < -0.3 is 9.47 Å². The number of hydrogen-bond acceptors (Lipinski definition) is 3. The number of carbonyl (C=O) groups excluding carboxylic acids is 1. The summed E-state index contributed by atoms with van der Waals surface area (Å²) < 4.78 is 10.3. The van der Waals surface area contributed by atoms with Crippen molar-refractivity contribution in [2.75, 3.05) is 6.61 Å². The molecule has 0 atom stereocenters. The van der Waals surface area contributed by atoms with Gasteiger partial charge in [-0.1, -0.05) is 12.6 Å². The van der Waals surface area contributed by atoms with Crippen LogP contribution in [0.3, 0.4) is 0 Å². The van der Waals surface area contributed by atoms with E-state index in [0.29, 0.717) is 12.4 Å². The second-order valence-electron chi connectivity index (χ2n) is 2.99. The number of carbonyl (C=O) groups is 1. The van der Waals surface area contributed by atoms with Crippen LogP contribution in [-0.4, -0.2) is 12.6 Å². The Labute approximate surface area is 81.9 Å². The summed E-state index contributed by atoms with van der Waals surface area (Å²) in [7, 11) is 0. The van der Waals surface area contributed by atoms with E-state index in [2.05, 4.69) is 6.58 Å². The first-order valence-corrected chi connectivity index (χ1v) is 4.39. The number of ether oxygens (including phenoxy) is 2. The van der Waals surface area contributed by atoms with Gasteiger partial charge >= 0.3 is 5.97 Å². The van der Waals surface area contributed by atoms with Crippen LogP contribution in [0.15, 0.2) is 30.9 Å². The van der Waals surface area contributed by atoms with Crippen LogP contribution in [0.2, 0.25) is 0 Å². The van der Waals surface area contributed by atoms with Gasteiger partial charge in [0, 0.05) is 18.6 Å². The lowest BCUT2D eigenvalue weighted by molar-refractivity contribution is -0.128. The van der Waals surface area contributed by atoms with E-state index in [1.54, 1.807) is 12.1 Å². The minimum atomic E-state index is -0.456. The van der Waals surface area contributed by atoms with Crippen molar-refractivity contribution < 1.29 is 14.3 Å². The van der Waals surface area contributed by atoms with Gasteiger partial charge in [-0.2, -0.15) is 0 Å². The highest BCUT2D eigenvalue weighted by Crippen LogP contribution is 2.29. The average Bonchev–Trinajstić information content (AvgIpc) is 2.64. The van der Waals surface area contributed by atoms with E-state index in [0.717, 1.165) is 23.8 Å². The van der Waals surface area contributed by atoms with Gasteiger partial charge in [-0.25, -0.2) is 4.79 Å². The van der Waals surface area contributed by atoms with Crippen LogP contribution in [-0.2, 0) is 11.2 Å². The van der Waals surface area contributed by atoms with Crippen molar-refractivity contribution in [2.24, 2.45) is 0 Å². The molecule has 3 nitrogen and oxygen atoms in total. The molecule has 0 aromatic heterocycles. The maximum absolute atomic E-state index is 10.9. The predicted octanol–water partition coefficient (Wildman–Crippen LogP) is 1.71. The maximum Gasteiger partial charge on any atom is 0.335 e. The molecular formula is C11H10O3. The van der Waals surface area contributed by atoms with Crippen LogP contribution < -0.4 is 9.47 Å². The molecule has 2 rings (SSSR count). The van der Waals surface area contributed by atoms with E-state index >= 15 is 0 Å². The van der Waals surface area contributed by atoms with Gasteiger partial charge in [0.1, 0.15) is 11.5 Å². The highest BCUT2D eigenvalue weighted by atomic mass is 16.5. The second-order valence-corrected chi connectivity index (χ2v) is 2.99. The zero-order chi connectivity index (χ0) is 9.97. The summed E-state index contributed by atoms with van der Waals surface area (Å²) in [5.74, 6) is 0.845. The van der Waals surface area contributed by atoms with Crippen LogP contribution in [0.1, 0.15) is 5.56 Å². The third-order valence-electron chi connectivity index (χ3n) is 2.05. The highest BCUT2D eigenvalue weighted by molar-refractivity contribution is 5.83. The Morgan fingerprint density at radius 1 is 1.57 bits per heavy atom. The summed E-state index contributed by atoms with van der Waals surface area (Å²) in [5, 5.41) is 0. The van der Waals surface area contributed by atoms with Crippen molar-refractivity contribution in [3.05, 3.63) is 36.4 Å². The third kappa shape index (κ3) is 1.62. The molecule has 1 aliphatic rings. The van der Waals surface area contributed by atoms with Crippen LogP contribution in [0, 0.1) is 0 Å². The Balaban J connectivity index is 2.20. The minimum absolute atomic E-state index is 0.456. The molecule has 1 heterocycles. The number of fused-ring (bicyclic) bond motifs is 1. The molecule has 0 radical (unpaired) electrons. The summed E-state index contributed by atoms with van der Waals surface area (Å²) in [6.07, 6.45) is 2.05. The topological polar surface area (TPSA) is 35.5 Å². The average molecular weight is 190 g/mol. The molecule has 1 aromatic rings. The van der Waals surface area contributed by atoms with E-state index in [4.69, 9.17) is 9.47 Å². The van der Waals surface area contributed by atoms with Crippen LogP contribution >= 0.6 is 0 Å². The Bertz CT molecular complexity index is 382. The largest absolute Gasteiger partial charge is 0.493 e. The Hall–Kier alpha value is -1.77. The van der Waals surface area contributed by atoms with Crippen molar-refractivity contribution in [3.63, 3.8) is 0 Å². The van der Waals surface area contributed by atoms with Crippen molar-refractivity contribution in [1.29, 1.82) is 0 Å². The minimum Gasteiger partial charge on any atom is -0.493 e. The van der Waals surface area contributed by atoms with Crippen molar-refractivity contribution in [1.82, 2.24) is 0 Å². The fourth-order valence-electron chi connectivity index (χ4n) is 1.37. The van der Waals surface area contributed by atoms with E-state index in [1.165, 1.54) is 0 Å². The summed E-state index contributed by atoms with van der Waals surface area (Å²) in [6.45, 7) is 4.03. The van der Waals surface area contributed by atoms with Gasteiger partial charge in [-0.3, -0.25) is 0 Å². The van der Waals surface area contributed by atoms with E-state index in [9.17, 15) is 4.79 Å². The van der Waals surface area contributed by atoms with Crippen molar-refractivity contribution in [3.8, 4) is 11.5 Å². The monoisotopic (exact) mass is 190 g/mol. The molecule has 0 amide bonds. The van der Waals surface area contributed by atoms with E-state index < -0.39 is 5.97 Å². The Kier molecular flexibility index (Phi) is 2.23. The van der Waals surface area contributed by atoms with E-state index in [-0.39, 0.29) is 0 Å². The molecule has 72 valence electrons. The van der Waals surface area contributed by atoms with Crippen LogP contribution in [0.4, 0.5) is 0 Å². The number of benzene rings is 1. The molecule has 0 bridgehead atoms. The fraction of sp³-hybridized carbons (Fsp3) is 0.182. The van der Waals surface area contributed by atoms with Crippen molar-refractivity contribution >= 4 is 5.97 Å². The summed E-state index contributed by atoms with van der Waals surface area (Å²) in [6, 6.07) is 5.40. The smallest absolute Gasteiger partial charge is 0.335 e. The molecule has 0 aliphatic carbocycles. The van der Waals surface area contributed by atoms with Crippen LogP contribution in [0.5, 0.6) is 11.5 Å². The molecule has 0 fully saturated rings. The lowest BCUT2D eigenvalue weighted by Crippen LogP contribution is -2.02. The van der Waals surface area contributed by atoms with Gasteiger partial charge in [0.2, 0.25) is 0 Å². The predicted molar refractivity (Wildman–Crippen MR) is 51.5 cm³/mol. The Morgan fingerprint density at radius 3 is 3.21 bits per heavy atom. The summed E-state index contributed by atoms with van der Waals surface area (Å²) in [5.41, 5.74) is 1.16. The third-order valence-corrected chi connectivity index (χ3v) is 2.05. The number of hydrogen-bond donors (Lipinski definition) is 0. The lowest BCUT2D eigenvalue weighted by Gasteiger charge is -2.03. The highest BCUT2D eigenvalue weighted by Gasteiger charge is 2.13. The zero-order valence-corrected chi connectivity index (χ0v) is 7.66. The first kappa shape index (κ1) is 8.81. The van der Waals surface area contributed by atoms with Crippen LogP contribution in [0.25, 0.3) is 0 Å². The van der Waals surface area contributed by atoms with Gasteiger partial charge in [0.05, 0.1) is 6.61 Å². The van der Waals surface area contributed by atoms with Gasteiger partial charge in [0.25, 0.3) is 0 Å². The van der Waals surface area contributed by atoms with E-state index in [1.807, 2.05) is 6.07 Å². The quantitative estimate of drug-likeness (QED) is 0.404. The first-order valence-electron chi connectivity index (χ1n) is 4.39.